The monoisotopic (exact) mass is 252 g/mol. The van der Waals surface area contributed by atoms with Crippen molar-refractivity contribution >= 4 is 6.09 Å². The van der Waals surface area contributed by atoms with Crippen LogP contribution in [-0.4, -0.2) is 45.5 Å². The number of nitrogens with two attached hydrogens (primary N) is 1. The van der Waals surface area contributed by atoms with E-state index in [-0.39, 0.29) is 18.2 Å². The standard InChI is InChI=1S/C12H20N4O2/c1-12(2,3)18-11(17)15-7-9(13)10(8-15)16-6-4-5-14-16/h4-6,9-10H,7-8,13H2,1-3H3/t9-,10+/m1/s1. The molecule has 6 heteroatoms. The number of likely N-dealkylation sites (tertiary alicyclic amines) is 1. The Bertz CT molecular complexity index is 410. The molecule has 2 atom stereocenters. The highest BCUT2D eigenvalue weighted by molar-refractivity contribution is 5.68. The van der Waals surface area contributed by atoms with E-state index in [4.69, 9.17) is 10.5 Å². The summed E-state index contributed by atoms with van der Waals surface area (Å²) in [6.45, 7) is 6.60. The molecule has 1 aliphatic rings. The zero-order chi connectivity index (χ0) is 13.3. The summed E-state index contributed by atoms with van der Waals surface area (Å²) in [5.41, 5.74) is 5.57. The molecule has 1 aromatic heterocycles. The number of amides is 1. The quantitative estimate of drug-likeness (QED) is 0.809. The number of aromatic nitrogens is 2. The number of carbonyl (C=O) groups excluding carboxylic acids is 1. The number of nitrogens with zero attached hydrogens (tertiary/aromatic N) is 3. The van der Waals surface area contributed by atoms with Gasteiger partial charge in [0.15, 0.2) is 0 Å². The molecule has 1 fully saturated rings. The van der Waals surface area contributed by atoms with Gasteiger partial charge in [-0.25, -0.2) is 4.79 Å². The number of rotatable bonds is 1. The summed E-state index contributed by atoms with van der Waals surface area (Å²) in [4.78, 5) is 13.6. The Morgan fingerprint density at radius 3 is 2.72 bits per heavy atom. The highest BCUT2D eigenvalue weighted by Crippen LogP contribution is 2.22. The van der Waals surface area contributed by atoms with Crippen LogP contribution in [-0.2, 0) is 4.74 Å². The molecule has 2 heterocycles. The Morgan fingerprint density at radius 2 is 2.17 bits per heavy atom. The van der Waals surface area contributed by atoms with Crippen LogP contribution in [0.4, 0.5) is 4.79 Å². The second kappa shape index (κ2) is 4.61. The number of hydrogen-bond donors (Lipinski definition) is 1. The third kappa shape index (κ3) is 2.81. The van der Waals surface area contributed by atoms with Crippen LogP contribution in [0.3, 0.4) is 0 Å². The molecule has 1 saturated heterocycles. The van der Waals surface area contributed by atoms with Gasteiger partial charge in [-0.05, 0) is 26.8 Å². The second-order valence-electron chi connectivity index (χ2n) is 5.60. The van der Waals surface area contributed by atoms with Gasteiger partial charge < -0.3 is 15.4 Å². The smallest absolute Gasteiger partial charge is 0.410 e. The number of hydrogen-bond acceptors (Lipinski definition) is 4. The lowest BCUT2D eigenvalue weighted by Crippen LogP contribution is -2.36. The summed E-state index contributed by atoms with van der Waals surface area (Å²) >= 11 is 0. The molecule has 100 valence electrons. The Balaban J connectivity index is 2.00. The van der Waals surface area contributed by atoms with Crippen LogP contribution in [0.5, 0.6) is 0 Å². The van der Waals surface area contributed by atoms with E-state index in [0.717, 1.165) is 0 Å². The predicted octanol–water partition coefficient (Wildman–Crippen LogP) is 1.00. The van der Waals surface area contributed by atoms with E-state index < -0.39 is 5.60 Å². The maximum Gasteiger partial charge on any atom is 0.410 e. The molecule has 0 aliphatic carbocycles. The molecule has 0 unspecified atom stereocenters. The van der Waals surface area contributed by atoms with E-state index in [1.165, 1.54) is 0 Å². The molecule has 18 heavy (non-hydrogen) atoms. The van der Waals surface area contributed by atoms with E-state index in [1.807, 2.05) is 33.0 Å². The van der Waals surface area contributed by atoms with Crippen LogP contribution in [0, 0.1) is 0 Å². The van der Waals surface area contributed by atoms with Gasteiger partial charge in [0.1, 0.15) is 5.60 Å². The third-order valence-corrected chi connectivity index (χ3v) is 2.85. The predicted molar refractivity (Wildman–Crippen MR) is 67.0 cm³/mol. The van der Waals surface area contributed by atoms with Crippen LogP contribution in [0.2, 0.25) is 0 Å². The van der Waals surface area contributed by atoms with E-state index in [2.05, 4.69) is 5.10 Å². The van der Waals surface area contributed by atoms with Gasteiger partial charge >= 0.3 is 6.09 Å². The average molecular weight is 252 g/mol. The second-order valence-corrected chi connectivity index (χ2v) is 5.60. The van der Waals surface area contributed by atoms with Crippen LogP contribution in [0.25, 0.3) is 0 Å². The first-order valence-electron chi connectivity index (χ1n) is 6.09. The molecule has 1 aliphatic heterocycles. The maximum absolute atomic E-state index is 11.9. The molecule has 0 spiro atoms. The van der Waals surface area contributed by atoms with Gasteiger partial charge in [-0.15, -0.1) is 0 Å². The minimum Gasteiger partial charge on any atom is -0.444 e. The van der Waals surface area contributed by atoms with Crippen molar-refractivity contribution in [2.75, 3.05) is 13.1 Å². The van der Waals surface area contributed by atoms with Crippen LogP contribution in [0.1, 0.15) is 26.8 Å². The van der Waals surface area contributed by atoms with Crippen molar-refractivity contribution in [1.82, 2.24) is 14.7 Å². The van der Waals surface area contributed by atoms with E-state index in [1.54, 1.807) is 15.8 Å². The molecular weight excluding hydrogens is 232 g/mol. The fourth-order valence-electron chi connectivity index (χ4n) is 2.04. The summed E-state index contributed by atoms with van der Waals surface area (Å²) in [6.07, 6.45) is 3.26. The molecule has 1 aromatic rings. The Morgan fingerprint density at radius 1 is 1.44 bits per heavy atom. The molecule has 2 N–H and O–H groups in total. The molecule has 0 aromatic carbocycles. The van der Waals surface area contributed by atoms with Crippen LogP contribution < -0.4 is 5.73 Å². The van der Waals surface area contributed by atoms with E-state index in [0.29, 0.717) is 13.1 Å². The van der Waals surface area contributed by atoms with Crippen molar-refractivity contribution in [2.24, 2.45) is 5.73 Å². The van der Waals surface area contributed by atoms with Crippen molar-refractivity contribution in [2.45, 2.75) is 38.5 Å². The van der Waals surface area contributed by atoms with Crippen LogP contribution >= 0.6 is 0 Å². The fraction of sp³-hybridized carbons (Fsp3) is 0.667. The first-order valence-corrected chi connectivity index (χ1v) is 6.09. The summed E-state index contributed by atoms with van der Waals surface area (Å²) in [7, 11) is 0. The summed E-state index contributed by atoms with van der Waals surface area (Å²) in [5, 5.41) is 4.17. The molecule has 0 radical (unpaired) electrons. The van der Waals surface area contributed by atoms with Crippen molar-refractivity contribution < 1.29 is 9.53 Å². The van der Waals surface area contributed by atoms with Gasteiger partial charge in [0.25, 0.3) is 0 Å². The van der Waals surface area contributed by atoms with Crippen molar-refractivity contribution in [1.29, 1.82) is 0 Å². The van der Waals surface area contributed by atoms with Gasteiger partial charge in [0.2, 0.25) is 0 Å². The minimum atomic E-state index is -0.481. The largest absolute Gasteiger partial charge is 0.444 e. The highest BCUT2D eigenvalue weighted by Gasteiger charge is 2.36. The fourth-order valence-corrected chi connectivity index (χ4v) is 2.04. The lowest BCUT2D eigenvalue weighted by molar-refractivity contribution is 0.0287. The zero-order valence-electron chi connectivity index (χ0n) is 11.0. The SMILES string of the molecule is CC(C)(C)OC(=O)N1C[C@@H](N)[C@@H](n2cccn2)C1. The minimum absolute atomic E-state index is 0.0209. The summed E-state index contributed by atoms with van der Waals surface area (Å²) in [5.74, 6) is 0. The van der Waals surface area contributed by atoms with E-state index >= 15 is 0 Å². The van der Waals surface area contributed by atoms with Crippen LogP contribution in [0.15, 0.2) is 18.5 Å². The normalized spacial score (nSPS) is 24.3. The molecule has 1 amide bonds. The molecule has 6 nitrogen and oxygen atoms in total. The van der Waals surface area contributed by atoms with E-state index in [9.17, 15) is 4.79 Å². The highest BCUT2D eigenvalue weighted by atomic mass is 16.6. The van der Waals surface area contributed by atoms with Crippen molar-refractivity contribution in [3.8, 4) is 0 Å². The zero-order valence-corrected chi connectivity index (χ0v) is 11.0. The summed E-state index contributed by atoms with van der Waals surface area (Å²) < 4.78 is 7.14. The topological polar surface area (TPSA) is 73.4 Å². The lowest BCUT2D eigenvalue weighted by Gasteiger charge is -2.24. The first-order chi connectivity index (χ1) is 8.37. The number of ether oxygens (including phenoxy) is 1. The van der Waals surface area contributed by atoms with Gasteiger partial charge in [-0.3, -0.25) is 4.68 Å². The van der Waals surface area contributed by atoms with Gasteiger partial charge in [0.05, 0.1) is 6.04 Å². The Labute approximate surface area is 107 Å². The lowest BCUT2D eigenvalue weighted by atomic mass is 10.2. The first kappa shape index (κ1) is 12.9. The third-order valence-electron chi connectivity index (χ3n) is 2.85. The van der Waals surface area contributed by atoms with Gasteiger partial charge in [0, 0.05) is 31.5 Å². The summed E-state index contributed by atoms with van der Waals surface area (Å²) in [6, 6.07) is 1.76. The number of carbonyl (C=O) groups is 1. The van der Waals surface area contributed by atoms with Gasteiger partial charge in [-0.2, -0.15) is 5.10 Å². The average Bonchev–Trinajstić information content (AvgIpc) is 2.82. The molecule has 0 saturated carbocycles. The Kier molecular flexibility index (Phi) is 3.30. The molecule has 0 bridgehead atoms. The van der Waals surface area contributed by atoms with Crippen molar-refractivity contribution in [3.05, 3.63) is 18.5 Å². The Hall–Kier alpha value is -1.56. The van der Waals surface area contributed by atoms with Crippen molar-refractivity contribution in [3.63, 3.8) is 0 Å². The maximum atomic E-state index is 11.9. The van der Waals surface area contributed by atoms with Gasteiger partial charge in [-0.1, -0.05) is 0 Å². The molecular formula is C12H20N4O2. The molecule has 2 rings (SSSR count).